The van der Waals surface area contributed by atoms with Crippen molar-refractivity contribution in [3.8, 4) is 11.5 Å². The van der Waals surface area contributed by atoms with E-state index >= 15 is 0 Å². The van der Waals surface area contributed by atoms with Crippen LogP contribution in [0.1, 0.15) is 36.1 Å². The summed E-state index contributed by atoms with van der Waals surface area (Å²) in [5.74, 6) is 0.149. The van der Waals surface area contributed by atoms with Crippen molar-refractivity contribution in [3.05, 3.63) is 83.4 Å². The van der Waals surface area contributed by atoms with Crippen molar-refractivity contribution in [1.29, 1.82) is 0 Å². The van der Waals surface area contributed by atoms with Crippen molar-refractivity contribution in [1.82, 2.24) is 24.9 Å². The number of nitrogens with one attached hydrogen (secondary N) is 1. The van der Waals surface area contributed by atoms with E-state index in [1.54, 1.807) is 59.2 Å². The van der Waals surface area contributed by atoms with Crippen LogP contribution in [0, 0.1) is 6.92 Å². The van der Waals surface area contributed by atoms with Gasteiger partial charge in [0, 0.05) is 52.4 Å². The van der Waals surface area contributed by atoms with Crippen LogP contribution in [0.5, 0.6) is 11.5 Å². The molecule has 2 saturated heterocycles. The molecule has 0 bridgehead atoms. The molecule has 3 aromatic carbocycles. The molecule has 302 valence electrons. The highest BCUT2D eigenvalue weighted by atomic mass is 16.5. The van der Waals surface area contributed by atoms with Crippen molar-refractivity contribution in [2.75, 3.05) is 91.2 Å². The van der Waals surface area contributed by atoms with E-state index in [0.29, 0.717) is 86.5 Å². The second-order valence-electron chi connectivity index (χ2n) is 14.1. The molecule has 0 aromatic heterocycles. The van der Waals surface area contributed by atoms with Gasteiger partial charge in [0.15, 0.2) is 11.5 Å². The highest BCUT2D eigenvalue weighted by Crippen LogP contribution is 2.32. The summed E-state index contributed by atoms with van der Waals surface area (Å²) in [6, 6.07) is 18.4. The average Bonchev–Trinajstić information content (AvgIpc) is 3.20. The third-order valence-corrected chi connectivity index (χ3v) is 10.3. The number of rotatable bonds is 16. The number of aryl methyl sites for hydroxylation is 1. The zero-order valence-corrected chi connectivity index (χ0v) is 32.8. The number of hydrogen-bond donors (Lipinski definition) is 3. The highest BCUT2D eigenvalue weighted by Gasteiger charge is 2.28. The number of para-hydroxylation sites is 1. The summed E-state index contributed by atoms with van der Waals surface area (Å²) >= 11 is 0. The number of methoxy groups -OCH3 is 2. The van der Waals surface area contributed by atoms with Crippen LogP contribution in [0.3, 0.4) is 0 Å². The summed E-state index contributed by atoms with van der Waals surface area (Å²) in [4.78, 5) is 62.9. The zero-order chi connectivity index (χ0) is 40.2. The van der Waals surface area contributed by atoms with Crippen molar-refractivity contribution in [3.63, 3.8) is 0 Å². The fourth-order valence-electron chi connectivity index (χ4n) is 7.01. The summed E-state index contributed by atoms with van der Waals surface area (Å²) in [5, 5.41) is 13.0. The molecule has 15 heteroatoms. The Kier molecular flexibility index (Phi) is 15.0. The van der Waals surface area contributed by atoms with Crippen molar-refractivity contribution in [2.45, 2.75) is 39.0 Å². The minimum absolute atomic E-state index is 0.0190. The second kappa shape index (κ2) is 20.1. The molecule has 56 heavy (non-hydrogen) atoms. The molecule has 0 aliphatic carbocycles. The van der Waals surface area contributed by atoms with Gasteiger partial charge in [0.2, 0.25) is 17.7 Å². The summed E-state index contributed by atoms with van der Waals surface area (Å²) in [5.41, 5.74) is 9.24. The number of hydrogen-bond acceptors (Lipinski definition) is 10. The van der Waals surface area contributed by atoms with Gasteiger partial charge in [-0.1, -0.05) is 36.4 Å². The number of aliphatic hydroxyl groups is 1. The van der Waals surface area contributed by atoms with Crippen molar-refractivity contribution in [2.24, 2.45) is 5.73 Å². The molecule has 0 radical (unpaired) electrons. The molecular weight excluding hydrogens is 718 g/mol. The number of carbonyl (C=O) groups excluding carboxylic acids is 4. The largest absolute Gasteiger partial charge is 0.493 e. The Labute approximate surface area is 328 Å². The van der Waals surface area contributed by atoms with Crippen LogP contribution in [-0.4, -0.2) is 141 Å². The van der Waals surface area contributed by atoms with Crippen molar-refractivity contribution < 1.29 is 38.5 Å². The topological polar surface area (TPSA) is 170 Å². The quantitative estimate of drug-likeness (QED) is 0.197. The van der Waals surface area contributed by atoms with Gasteiger partial charge >= 0.3 is 6.03 Å². The monoisotopic (exact) mass is 773 g/mol. The number of piperazine rings is 1. The van der Waals surface area contributed by atoms with Crippen LogP contribution in [-0.2, 0) is 25.5 Å². The van der Waals surface area contributed by atoms with E-state index in [4.69, 9.17) is 19.9 Å². The first kappa shape index (κ1) is 41.9. The lowest BCUT2D eigenvalue weighted by atomic mass is 10.0. The fourth-order valence-corrected chi connectivity index (χ4v) is 7.01. The highest BCUT2D eigenvalue weighted by molar-refractivity contribution is 5.99. The Balaban J connectivity index is 1.32. The first-order valence-electron chi connectivity index (χ1n) is 19.0. The number of morpholine rings is 1. The van der Waals surface area contributed by atoms with E-state index < -0.39 is 24.2 Å². The second-order valence-corrected chi connectivity index (χ2v) is 14.1. The van der Waals surface area contributed by atoms with Crippen LogP contribution in [0.25, 0.3) is 0 Å². The summed E-state index contributed by atoms with van der Waals surface area (Å²) < 4.78 is 16.5. The Morgan fingerprint density at radius 1 is 0.911 bits per heavy atom. The number of benzene rings is 3. The maximum Gasteiger partial charge on any atom is 0.323 e. The SMILES string of the molecule is COc1ccc(C(CC(=O)N2CCN(C(C)O)CC2)NC(=O)CN(CCN2CCOCC2)C(=O)Cc2ccc(N(C(N)=O)c3ccccc3C)cc2)cc1OC. The van der Waals surface area contributed by atoms with Crippen LogP contribution in [0.15, 0.2) is 66.7 Å². The molecule has 5 rings (SSSR count). The third-order valence-electron chi connectivity index (χ3n) is 10.3. The smallest absolute Gasteiger partial charge is 0.323 e. The fraction of sp³-hybridized carbons (Fsp3) is 0.463. The van der Waals surface area contributed by atoms with E-state index in [9.17, 15) is 24.3 Å². The summed E-state index contributed by atoms with van der Waals surface area (Å²) in [6.07, 6.45) is -0.599. The number of aliphatic hydroxyl groups excluding tert-OH is 1. The molecule has 2 aliphatic heterocycles. The lowest BCUT2D eigenvalue weighted by Crippen LogP contribution is -2.52. The molecule has 4 N–H and O–H groups in total. The van der Waals surface area contributed by atoms with Crippen LogP contribution in [0.4, 0.5) is 16.2 Å². The first-order chi connectivity index (χ1) is 27.0. The van der Waals surface area contributed by atoms with E-state index in [1.807, 2.05) is 36.1 Å². The molecule has 2 heterocycles. The Hall–Kier alpha value is -5.22. The van der Waals surface area contributed by atoms with Gasteiger partial charge in [-0.3, -0.25) is 29.1 Å². The van der Waals surface area contributed by atoms with Gasteiger partial charge in [-0.15, -0.1) is 0 Å². The van der Waals surface area contributed by atoms with Crippen molar-refractivity contribution >= 4 is 35.1 Å². The molecule has 0 spiro atoms. The van der Waals surface area contributed by atoms with Gasteiger partial charge in [-0.25, -0.2) is 4.79 Å². The number of carbonyl (C=O) groups is 4. The minimum atomic E-state index is -0.727. The molecule has 2 atom stereocenters. The van der Waals surface area contributed by atoms with Gasteiger partial charge in [-0.2, -0.15) is 0 Å². The maximum absolute atomic E-state index is 14.0. The predicted octanol–water partition coefficient (Wildman–Crippen LogP) is 2.66. The van der Waals surface area contributed by atoms with Crippen LogP contribution in [0.2, 0.25) is 0 Å². The molecule has 5 amide bonds. The molecule has 2 unspecified atom stereocenters. The van der Waals surface area contributed by atoms with Gasteiger partial charge < -0.3 is 40.2 Å². The van der Waals surface area contributed by atoms with Gasteiger partial charge in [-0.05, 0) is 60.9 Å². The van der Waals surface area contributed by atoms with E-state index in [-0.39, 0.29) is 31.2 Å². The molecule has 2 aliphatic rings. The Morgan fingerprint density at radius 2 is 1.59 bits per heavy atom. The first-order valence-corrected chi connectivity index (χ1v) is 19.0. The number of primary amides is 1. The minimum Gasteiger partial charge on any atom is -0.493 e. The van der Waals surface area contributed by atoms with Gasteiger partial charge in [0.05, 0.1) is 64.2 Å². The van der Waals surface area contributed by atoms with E-state index in [0.717, 1.165) is 18.7 Å². The molecule has 0 saturated carbocycles. The lowest BCUT2D eigenvalue weighted by molar-refractivity contribution is -0.137. The molecule has 3 aromatic rings. The number of ether oxygens (including phenoxy) is 3. The van der Waals surface area contributed by atoms with Crippen LogP contribution < -0.4 is 25.4 Å². The number of urea groups is 1. The normalized spacial score (nSPS) is 16.1. The zero-order valence-electron chi connectivity index (χ0n) is 32.8. The standard InChI is InChI=1S/C41H55N7O8/c1-29-7-5-6-8-35(29)48(41(42)53)33-12-9-31(10-13-33)25-39(51)47(16-15-44-21-23-56-24-22-44)28-38(50)43-34(32-11-14-36(54-3)37(26-32)55-4)27-40(52)46-19-17-45(18-20-46)30(2)49/h5-14,26,30,34,49H,15-25,27-28H2,1-4H3,(H2,42,53)(H,43,50). The molecular formula is C41H55N7O8. The van der Waals surface area contributed by atoms with Crippen LogP contribution >= 0.6 is 0 Å². The third kappa shape index (κ3) is 11.2. The number of nitrogens with two attached hydrogens (primary N) is 1. The van der Waals surface area contributed by atoms with E-state index in [2.05, 4.69) is 10.2 Å². The maximum atomic E-state index is 14.0. The van der Waals surface area contributed by atoms with E-state index in [1.165, 1.54) is 19.1 Å². The summed E-state index contributed by atoms with van der Waals surface area (Å²) in [6.45, 7) is 8.86. The number of anilines is 2. The predicted molar refractivity (Wildman–Crippen MR) is 212 cm³/mol. The number of nitrogens with zero attached hydrogens (tertiary/aromatic N) is 5. The average molecular weight is 774 g/mol. The molecule has 2 fully saturated rings. The van der Waals surface area contributed by atoms with Gasteiger partial charge in [0.1, 0.15) is 6.23 Å². The number of amides is 5. The van der Waals surface area contributed by atoms with Gasteiger partial charge in [0.25, 0.3) is 0 Å². The molecule has 15 nitrogen and oxygen atoms in total. The summed E-state index contributed by atoms with van der Waals surface area (Å²) in [7, 11) is 3.05. The Bertz CT molecular complexity index is 1790. The lowest BCUT2D eigenvalue weighted by Gasteiger charge is -2.36. The Morgan fingerprint density at radius 3 is 2.21 bits per heavy atom.